The van der Waals surface area contributed by atoms with Gasteiger partial charge in [-0.05, 0) is 36.0 Å². The number of nitrogens with one attached hydrogen (secondary N) is 1. The van der Waals surface area contributed by atoms with E-state index in [9.17, 15) is 9.59 Å². The van der Waals surface area contributed by atoms with Gasteiger partial charge in [0.2, 0.25) is 5.91 Å². The SMILES string of the molecule is CC(C)(C)c1ccc(OCC(=O)NCC(=O)N2CCCC2)cc1. The number of hydrogen-bond donors (Lipinski definition) is 1. The van der Waals surface area contributed by atoms with E-state index < -0.39 is 0 Å². The van der Waals surface area contributed by atoms with Gasteiger partial charge in [-0.3, -0.25) is 9.59 Å². The van der Waals surface area contributed by atoms with Crippen LogP contribution < -0.4 is 10.1 Å². The van der Waals surface area contributed by atoms with Crippen molar-refractivity contribution in [2.75, 3.05) is 26.2 Å². The summed E-state index contributed by atoms with van der Waals surface area (Å²) in [4.78, 5) is 25.4. The molecule has 5 heteroatoms. The highest BCUT2D eigenvalue weighted by Gasteiger charge is 2.18. The molecule has 0 spiro atoms. The number of hydrogen-bond acceptors (Lipinski definition) is 3. The molecule has 126 valence electrons. The second kappa shape index (κ2) is 7.49. The number of carbonyl (C=O) groups is 2. The van der Waals surface area contributed by atoms with Gasteiger partial charge in [0, 0.05) is 13.1 Å². The Morgan fingerprint density at radius 1 is 1.13 bits per heavy atom. The molecule has 0 aromatic heterocycles. The van der Waals surface area contributed by atoms with E-state index in [0.717, 1.165) is 25.9 Å². The van der Waals surface area contributed by atoms with Crippen LogP contribution in [0.25, 0.3) is 0 Å². The first-order valence-corrected chi connectivity index (χ1v) is 8.14. The molecule has 1 saturated heterocycles. The number of carbonyl (C=O) groups excluding carboxylic acids is 2. The van der Waals surface area contributed by atoms with Crippen LogP contribution in [0.1, 0.15) is 39.2 Å². The molecule has 0 bridgehead atoms. The van der Waals surface area contributed by atoms with Crippen LogP contribution in [0.15, 0.2) is 24.3 Å². The van der Waals surface area contributed by atoms with Gasteiger partial charge in [-0.15, -0.1) is 0 Å². The Morgan fingerprint density at radius 2 is 1.74 bits per heavy atom. The van der Waals surface area contributed by atoms with Crippen molar-refractivity contribution in [1.29, 1.82) is 0 Å². The summed E-state index contributed by atoms with van der Waals surface area (Å²) in [6, 6.07) is 7.74. The van der Waals surface area contributed by atoms with Gasteiger partial charge in [-0.25, -0.2) is 0 Å². The van der Waals surface area contributed by atoms with E-state index in [0.29, 0.717) is 5.75 Å². The third-order valence-corrected chi connectivity index (χ3v) is 3.99. The molecular weight excluding hydrogens is 292 g/mol. The Kier molecular flexibility index (Phi) is 5.64. The van der Waals surface area contributed by atoms with Crippen molar-refractivity contribution >= 4 is 11.8 Å². The van der Waals surface area contributed by atoms with Crippen molar-refractivity contribution in [3.63, 3.8) is 0 Å². The van der Waals surface area contributed by atoms with Gasteiger partial charge in [0.05, 0.1) is 6.54 Å². The predicted octanol–water partition coefficient (Wildman–Crippen LogP) is 2.10. The quantitative estimate of drug-likeness (QED) is 0.904. The Balaban J connectivity index is 1.72. The third-order valence-electron chi connectivity index (χ3n) is 3.99. The molecule has 1 aliphatic rings. The lowest BCUT2D eigenvalue weighted by Crippen LogP contribution is -2.40. The van der Waals surface area contributed by atoms with Gasteiger partial charge < -0.3 is 15.0 Å². The van der Waals surface area contributed by atoms with Crippen molar-refractivity contribution in [3.8, 4) is 5.75 Å². The highest BCUT2D eigenvalue weighted by molar-refractivity contribution is 5.85. The largest absolute Gasteiger partial charge is 0.484 e. The number of nitrogens with zero attached hydrogens (tertiary/aromatic N) is 1. The van der Waals surface area contributed by atoms with E-state index in [2.05, 4.69) is 26.1 Å². The van der Waals surface area contributed by atoms with Crippen molar-refractivity contribution in [2.24, 2.45) is 0 Å². The second-order valence-corrected chi connectivity index (χ2v) is 6.93. The fourth-order valence-electron chi connectivity index (χ4n) is 2.50. The zero-order valence-corrected chi connectivity index (χ0v) is 14.2. The normalized spacial score (nSPS) is 14.7. The second-order valence-electron chi connectivity index (χ2n) is 6.93. The molecule has 1 heterocycles. The summed E-state index contributed by atoms with van der Waals surface area (Å²) >= 11 is 0. The molecule has 5 nitrogen and oxygen atoms in total. The number of amides is 2. The molecule has 1 aromatic carbocycles. The first-order valence-electron chi connectivity index (χ1n) is 8.14. The van der Waals surface area contributed by atoms with E-state index >= 15 is 0 Å². The van der Waals surface area contributed by atoms with E-state index in [1.165, 1.54) is 5.56 Å². The lowest BCUT2D eigenvalue weighted by atomic mass is 9.87. The van der Waals surface area contributed by atoms with Crippen LogP contribution in [0.4, 0.5) is 0 Å². The Hall–Kier alpha value is -2.04. The fraction of sp³-hybridized carbons (Fsp3) is 0.556. The van der Waals surface area contributed by atoms with Crippen LogP contribution in [0.5, 0.6) is 5.75 Å². The van der Waals surface area contributed by atoms with Crippen molar-refractivity contribution in [3.05, 3.63) is 29.8 Å². The highest BCUT2D eigenvalue weighted by Crippen LogP contribution is 2.24. The molecule has 1 aliphatic heterocycles. The summed E-state index contributed by atoms with van der Waals surface area (Å²) < 4.78 is 5.46. The molecule has 0 aliphatic carbocycles. The molecule has 0 saturated carbocycles. The van der Waals surface area contributed by atoms with Crippen molar-refractivity contribution < 1.29 is 14.3 Å². The van der Waals surface area contributed by atoms with Crippen molar-refractivity contribution in [2.45, 2.75) is 39.0 Å². The van der Waals surface area contributed by atoms with Gasteiger partial charge in [-0.2, -0.15) is 0 Å². The van der Waals surface area contributed by atoms with Crippen LogP contribution >= 0.6 is 0 Å². The molecule has 1 aromatic rings. The minimum Gasteiger partial charge on any atom is -0.484 e. The summed E-state index contributed by atoms with van der Waals surface area (Å²) in [5, 5.41) is 2.61. The fourth-order valence-corrected chi connectivity index (χ4v) is 2.50. The first kappa shape index (κ1) is 17.3. The smallest absolute Gasteiger partial charge is 0.258 e. The molecule has 1 fully saturated rings. The molecule has 0 unspecified atom stereocenters. The zero-order valence-electron chi connectivity index (χ0n) is 14.2. The summed E-state index contributed by atoms with van der Waals surface area (Å²) in [7, 11) is 0. The average molecular weight is 318 g/mol. The van der Waals surface area contributed by atoms with E-state index in [1.807, 2.05) is 24.3 Å². The minimum absolute atomic E-state index is 0.0228. The number of likely N-dealkylation sites (tertiary alicyclic amines) is 1. The number of rotatable bonds is 5. The summed E-state index contributed by atoms with van der Waals surface area (Å²) in [5.41, 5.74) is 1.30. The maximum Gasteiger partial charge on any atom is 0.258 e. The van der Waals surface area contributed by atoms with Gasteiger partial charge in [0.25, 0.3) is 5.91 Å². The molecule has 0 atom stereocenters. The summed E-state index contributed by atoms with van der Waals surface area (Å²) in [6.45, 7) is 8.00. The standard InChI is InChI=1S/C18H26N2O3/c1-18(2,3)14-6-8-15(9-7-14)23-13-16(21)19-12-17(22)20-10-4-5-11-20/h6-9H,4-5,10-13H2,1-3H3,(H,19,21). The number of benzene rings is 1. The molecule has 0 radical (unpaired) electrons. The van der Waals surface area contributed by atoms with Crippen LogP contribution in [-0.2, 0) is 15.0 Å². The predicted molar refractivity (Wildman–Crippen MR) is 89.5 cm³/mol. The van der Waals surface area contributed by atoms with Gasteiger partial charge in [0.15, 0.2) is 6.61 Å². The lowest BCUT2D eigenvalue weighted by Gasteiger charge is -2.19. The molecule has 2 amide bonds. The third kappa shape index (κ3) is 5.27. The van der Waals surface area contributed by atoms with Crippen LogP contribution in [0, 0.1) is 0 Å². The average Bonchev–Trinajstić information content (AvgIpc) is 3.04. The first-order chi connectivity index (χ1) is 10.9. The van der Waals surface area contributed by atoms with E-state index in [4.69, 9.17) is 4.74 Å². The molecule has 23 heavy (non-hydrogen) atoms. The minimum atomic E-state index is -0.280. The number of ether oxygens (including phenoxy) is 1. The summed E-state index contributed by atoms with van der Waals surface area (Å²) in [6.07, 6.45) is 2.10. The Bertz CT molecular complexity index is 540. The molecule has 2 rings (SSSR count). The maximum atomic E-state index is 11.8. The molecular formula is C18H26N2O3. The van der Waals surface area contributed by atoms with Crippen LogP contribution in [0.2, 0.25) is 0 Å². The lowest BCUT2D eigenvalue weighted by molar-refractivity contribution is -0.132. The highest BCUT2D eigenvalue weighted by atomic mass is 16.5. The Labute approximate surface area is 138 Å². The molecule has 1 N–H and O–H groups in total. The Morgan fingerprint density at radius 3 is 2.30 bits per heavy atom. The van der Waals surface area contributed by atoms with Crippen molar-refractivity contribution in [1.82, 2.24) is 10.2 Å². The van der Waals surface area contributed by atoms with E-state index in [1.54, 1.807) is 4.90 Å². The maximum absolute atomic E-state index is 11.8. The van der Waals surface area contributed by atoms with Crippen LogP contribution in [0.3, 0.4) is 0 Å². The van der Waals surface area contributed by atoms with Crippen LogP contribution in [-0.4, -0.2) is 43.0 Å². The van der Waals surface area contributed by atoms with Gasteiger partial charge in [-0.1, -0.05) is 32.9 Å². The topological polar surface area (TPSA) is 58.6 Å². The van der Waals surface area contributed by atoms with Gasteiger partial charge >= 0.3 is 0 Å². The summed E-state index contributed by atoms with van der Waals surface area (Å²) in [5.74, 6) is 0.349. The monoisotopic (exact) mass is 318 g/mol. The van der Waals surface area contributed by atoms with Gasteiger partial charge in [0.1, 0.15) is 5.75 Å². The zero-order chi connectivity index (χ0) is 16.9. The van der Waals surface area contributed by atoms with E-state index in [-0.39, 0.29) is 30.4 Å².